The molecule has 0 radical (unpaired) electrons. The Labute approximate surface area is 194 Å². The third-order valence-corrected chi connectivity index (χ3v) is 7.41. The maximum atomic E-state index is 13.9. The standard InChI is InChI=1S/C26H26N2O4S/c1-33(30,31)22-13-11-20(12-14-22)16-27-18-21-15-24(27)26(29)28(17-19-7-3-2-4-8-19)23-9-5-6-10-25(23)32-21/h2-14,21,24H,15-18H2,1H3. The molecule has 1 amide bonds. The Hall–Kier alpha value is -3.16. The zero-order valence-electron chi connectivity index (χ0n) is 18.4. The Balaban J connectivity index is 1.44. The van der Waals surface area contributed by atoms with Crippen molar-refractivity contribution in [3.8, 4) is 5.75 Å². The smallest absolute Gasteiger partial charge is 0.244 e. The maximum absolute atomic E-state index is 13.9. The number of benzene rings is 3. The monoisotopic (exact) mass is 462 g/mol. The van der Waals surface area contributed by atoms with Crippen molar-refractivity contribution >= 4 is 21.4 Å². The van der Waals surface area contributed by atoms with Crippen molar-refractivity contribution in [3.63, 3.8) is 0 Å². The number of likely N-dealkylation sites (tertiary alicyclic amines) is 1. The van der Waals surface area contributed by atoms with E-state index in [1.54, 1.807) is 12.1 Å². The first-order valence-electron chi connectivity index (χ1n) is 11.0. The summed E-state index contributed by atoms with van der Waals surface area (Å²) in [5.74, 6) is 0.787. The molecule has 33 heavy (non-hydrogen) atoms. The van der Waals surface area contributed by atoms with Crippen molar-refractivity contribution in [2.75, 3.05) is 17.7 Å². The summed E-state index contributed by atoms with van der Waals surface area (Å²) in [6.45, 7) is 1.66. The Morgan fingerprint density at radius 2 is 1.55 bits per heavy atom. The summed E-state index contributed by atoms with van der Waals surface area (Å²) in [7, 11) is -3.24. The Morgan fingerprint density at radius 3 is 2.27 bits per heavy atom. The van der Waals surface area contributed by atoms with Crippen LogP contribution in [0.1, 0.15) is 17.5 Å². The molecule has 170 valence electrons. The van der Waals surface area contributed by atoms with Crippen molar-refractivity contribution in [1.29, 1.82) is 0 Å². The molecule has 3 aromatic carbocycles. The average Bonchev–Trinajstić information content (AvgIpc) is 3.20. The molecule has 2 heterocycles. The van der Waals surface area contributed by atoms with E-state index in [4.69, 9.17) is 4.74 Å². The molecule has 2 atom stereocenters. The van der Waals surface area contributed by atoms with Gasteiger partial charge in [-0.05, 0) is 35.4 Å². The van der Waals surface area contributed by atoms with Gasteiger partial charge in [-0.25, -0.2) is 8.42 Å². The van der Waals surface area contributed by atoms with Crippen molar-refractivity contribution in [2.45, 2.75) is 36.6 Å². The molecule has 3 aromatic rings. The molecule has 0 N–H and O–H groups in total. The SMILES string of the molecule is CS(=O)(=O)c1ccc(CN2CC3CC2C(=O)N(Cc2ccccc2)c2ccccc2O3)cc1. The third kappa shape index (κ3) is 4.51. The summed E-state index contributed by atoms with van der Waals surface area (Å²) < 4.78 is 29.9. The van der Waals surface area contributed by atoms with Crippen LogP contribution in [-0.2, 0) is 27.7 Å². The molecular formula is C26H26N2O4S. The number of ether oxygens (including phenoxy) is 1. The molecule has 6 nitrogen and oxygen atoms in total. The van der Waals surface area contributed by atoms with Gasteiger partial charge in [0.25, 0.3) is 0 Å². The van der Waals surface area contributed by atoms with E-state index in [0.29, 0.717) is 31.0 Å². The van der Waals surface area contributed by atoms with Crippen LogP contribution in [0.25, 0.3) is 0 Å². The molecule has 0 aromatic heterocycles. The van der Waals surface area contributed by atoms with Crippen LogP contribution in [0.5, 0.6) is 5.75 Å². The largest absolute Gasteiger partial charge is 0.487 e. The Kier molecular flexibility index (Phi) is 5.68. The highest BCUT2D eigenvalue weighted by Crippen LogP contribution is 2.37. The van der Waals surface area contributed by atoms with Gasteiger partial charge in [-0.1, -0.05) is 54.6 Å². The number of para-hydroxylation sites is 2. The van der Waals surface area contributed by atoms with Crippen LogP contribution in [-0.4, -0.2) is 44.2 Å². The molecule has 5 rings (SSSR count). The van der Waals surface area contributed by atoms with Crippen LogP contribution >= 0.6 is 0 Å². The molecule has 2 aliphatic rings. The van der Waals surface area contributed by atoms with Gasteiger partial charge in [0, 0.05) is 25.8 Å². The summed E-state index contributed by atoms with van der Waals surface area (Å²) in [6, 6.07) is 24.3. The van der Waals surface area contributed by atoms with Crippen molar-refractivity contribution in [1.82, 2.24) is 4.90 Å². The zero-order chi connectivity index (χ0) is 23.0. The molecule has 2 unspecified atom stereocenters. The summed E-state index contributed by atoms with van der Waals surface area (Å²) in [5, 5.41) is 0. The number of rotatable bonds is 5. The van der Waals surface area contributed by atoms with E-state index in [-0.39, 0.29) is 18.1 Å². The number of carbonyl (C=O) groups is 1. The number of fused-ring (bicyclic) bond motifs is 3. The van der Waals surface area contributed by atoms with Gasteiger partial charge < -0.3 is 9.64 Å². The molecule has 1 fully saturated rings. The van der Waals surface area contributed by atoms with Crippen molar-refractivity contribution in [3.05, 3.63) is 90.0 Å². The van der Waals surface area contributed by atoms with E-state index in [0.717, 1.165) is 22.6 Å². The molecule has 0 spiro atoms. The lowest BCUT2D eigenvalue weighted by molar-refractivity contribution is -0.123. The van der Waals surface area contributed by atoms with E-state index in [1.165, 1.54) is 6.26 Å². The Bertz CT molecular complexity index is 1260. The predicted octanol–water partition coefficient (Wildman–Crippen LogP) is 3.66. The highest BCUT2D eigenvalue weighted by Gasteiger charge is 2.42. The fourth-order valence-corrected chi connectivity index (χ4v) is 5.27. The minimum Gasteiger partial charge on any atom is -0.487 e. The fraction of sp³-hybridized carbons (Fsp3) is 0.269. The Morgan fingerprint density at radius 1 is 0.879 bits per heavy atom. The quantitative estimate of drug-likeness (QED) is 0.579. The van der Waals surface area contributed by atoms with Crippen LogP contribution in [0.2, 0.25) is 0 Å². The number of nitrogens with zero attached hydrogens (tertiary/aromatic N) is 2. The van der Waals surface area contributed by atoms with Crippen LogP contribution in [0.15, 0.2) is 83.8 Å². The lowest BCUT2D eigenvalue weighted by Gasteiger charge is -2.32. The number of amides is 1. The molecule has 0 aliphatic carbocycles. The second-order valence-electron chi connectivity index (χ2n) is 8.71. The summed E-state index contributed by atoms with van der Waals surface area (Å²) >= 11 is 0. The summed E-state index contributed by atoms with van der Waals surface area (Å²) in [5.41, 5.74) is 2.81. The van der Waals surface area contributed by atoms with Gasteiger partial charge in [-0.2, -0.15) is 0 Å². The summed E-state index contributed by atoms with van der Waals surface area (Å²) in [4.78, 5) is 18.1. The first-order chi connectivity index (χ1) is 15.9. The second kappa shape index (κ2) is 8.65. The highest BCUT2D eigenvalue weighted by atomic mass is 32.2. The number of anilines is 1. The summed E-state index contributed by atoms with van der Waals surface area (Å²) in [6.07, 6.45) is 1.75. The van der Waals surface area contributed by atoms with Crippen molar-refractivity contribution in [2.24, 2.45) is 0 Å². The van der Waals surface area contributed by atoms with Crippen LogP contribution in [0, 0.1) is 0 Å². The molecule has 7 heteroatoms. The van der Waals surface area contributed by atoms with Gasteiger partial charge in [0.15, 0.2) is 9.84 Å². The minimum absolute atomic E-state index is 0.0601. The number of hydrogen-bond acceptors (Lipinski definition) is 5. The van der Waals surface area contributed by atoms with E-state index >= 15 is 0 Å². The topological polar surface area (TPSA) is 66.9 Å². The number of carbonyl (C=O) groups excluding carboxylic acids is 1. The zero-order valence-corrected chi connectivity index (χ0v) is 19.2. The van der Waals surface area contributed by atoms with Crippen LogP contribution in [0.3, 0.4) is 0 Å². The highest BCUT2D eigenvalue weighted by molar-refractivity contribution is 7.90. The first-order valence-corrected chi connectivity index (χ1v) is 12.9. The average molecular weight is 463 g/mol. The molecule has 2 bridgehead atoms. The predicted molar refractivity (Wildman–Crippen MR) is 127 cm³/mol. The number of sulfone groups is 1. The lowest BCUT2D eigenvalue weighted by Crippen LogP contribution is -2.45. The molecule has 0 saturated carbocycles. The van der Waals surface area contributed by atoms with E-state index in [9.17, 15) is 13.2 Å². The second-order valence-corrected chi connectivity index (χ2v) is 10.7. The van der Waals surface area contributed by atoms with Gasteiger partial charge in [0.1, 0.15) is 11.9 Å². The van der Waals surface area contributed by atoms with E-state index in [1.807, 2.05) is 71.6 Å². The van der Waals surface area contributed by atoms with Gasteiger partial charge in [0.05, 0.1) is 23.2 Å². The molecule has 2 aliphatic heterocycles. The van der Waals surface area contributed by atoms with E-state index in [2.05, 4.69) is 4.90 Å². The van der Waals surface area contributed by atoms with Crippen LogP contribution in [0.4, 0.5) is 5.69 Å². The van der Waals surface area contributed by atoms with E-state index < -0.39 is 9.84 Å². The third-order valence-electron chi connectivity index (χ3n) is 6.29. The van der Waals surface area contributed by atoms with Crippen LogP contribution < -0.4 is 9.64 Å². The van der Waals surface area contributed by atoms with Gasteiger partial charge in [-0.15, -0.1) is 0 Å². The normalized spacial score (nSPS) is 20.6. The van der Waals surface area contributed by atoms with Crippen molar-refractivity contribution < 1.29 is 17.9 Å². The van der Waals surface area contributed by atoms with Gasteiger partial charge >= 0.3 is 0 Å². The fourth-order valence-electron chi connectivity index (χ4n) is 4.64. The molecule has 1 saturated heterocycles. The number of hydrogen-bond donors (Lipinski definition) is 0. The van der Waals surface area contributed by atoms with Gasteiger partial charge in [0.2, 0.25) is 5.91 Å². The lowest BCUT2D eigenvalue weighted by atomic mass is 10.1. The minimum atomic E-state index is -3.24. The maximum Gasteiger partial charge on any atom is 0.244 e. The molecular weight excluding hydrogens is 436 g/mol. The van der Waals surface area contributed by atoms with Gasteiger partial charge in [-0.3, -0.25) is 9.69 Å². The first kappa shape index (κ1) is 21.7.